The third-order valence-corrected chi connectivity index (χ3v) is 14.0. The van der Waals surface area contributed by atoms with Crippen LogP contribution in [0.4, 0.5) is 22.9 Å². The molecule has 3 N–H and O–H groups in total. The number of nitrogens with one attached hydrogen (secondary N) is 3. The Morgan fingerprint density at radius 3 is 2.10 bits per heavy atom. The molecule has 1 aromatic heterocycles. The van der Waals surface area contributed by atoms with E-state index in [9.17, 15) is 44.4 Å². The van der Waals surface area contributed by atoms with Crippen molar-refractivity contribution in [2.24, 2.45) is 10.4 Å². The fraction of sp³-hybridized carbons (Fsp3) is 0.217. The molecule has 0 radical (unpaired) electrons. The van der Waals surface area contributed by atoms with Gasteiger partial charge in [-0.25, -0.2) is 35.2 Å². The van der Waals surface area contributed by atoms with Gasteiger partial charge in [0.25, 0.3) is 10.0 Å². The Hall–Kier alpha value is -4.69. The molecule has 0 amide bonds. The van der Waals surface area contributed by atoms with Crippen molar-refractivity contribution in [2.45, 2.75) is 67.6 Å². The minimum absolute atomic E-state index is 0. The summed E-state index contributed by atoms with van der Waals surface area (Å²) in [4.78, 5) is 23.3. The third-order valence-electron chi connectivity index (χ3n) is 10.9. The zero-order chi connectivity index (χ0) is 46.9. The molecule has 334 valence electrons. The van der Waals surface area contributed by atoms with Gasteiger partial charge >= 0.3 is 59.1 Å². The standard InChI is InChI=1S/C46H42N6O10S3.2Na/c1-45(2,3)25-46(4,5)26-15-20-33(36(23-26)65(59,60)61)62-34-24-32(49-27-16-18-28(19-17-27)64(56,57)58)38-39-37(29-11-6-7-12-30(29)42(38)53)40(43(51-41(34)39)48-22-10-21-47)44-50-31-13-8-9-14-35(31)63(54,55)52-44;;/h6-9,11-20,23-24,49H,10,22,25H2,1-5H3,(H,48,51)(H,50,52)(H,56,57,58)(H,59,60,61);;/q;2*+1/p-2. The average molecular weight is 979 g/mol. The van der Waals surface area contributed by atoms with E-state index in [4.69, 9.17) is 14.7 Å². The van der Waals surface area contributed by atoms with Crippen LogP contribution in [0.25, 0.3) is 22.0 Å². The number of benzene rings is 5. The summed E-state index contributed by atoms with van der Waals surface area (Å²) in [6.45, 7) is 10.0. The molecule has 0 bridgehead atoms. The minimum atomic E-state index is -5.21. The molecule has 1 aliphatic carbocycles. The first kappa shape index (κ1) is 51.7. The maximum atomic E-state index is 14.9. The van der Waals surface area contributed by atoms with Gasteiger partial charge in [0.2, 0.25) is 0 Å². The molecule has 0 atom stereocenters. The van der Waals surface area contributed by atoms with Crippen LogP contribution in [-0.2, 0) is 35.7 Å². The molecule has 21 heteroatoms. The number of nitrogens with zero attached hydrogens (tertiary/aromatic N) is 3. The predicted octanol–water partition coefficient (Wildman–Crippen LogP) is 2.21. The molecule has 0 fully saturated rings. The van der Waals surface area contributed by atoms with Gasteiger partial charge in [-0.3, -0.25) is 9.52 Å². The van der Waals surface area contributed by atoms with Crippen LogP contribution in [0.15, 0.2) is 117 Å². The van der Waals surface area contributed by atoms with E-state index in [0.717, 1.165) is 12.1 Å². The molecular formula is C46H40N6Na2O10S3. The van der Waals surface area contributed by atoms with E-state index < -0.39 is 51.2 Å². The Labute approximate surface area is 432 Å². The first-order valence-electron chi connectivity index (χ1n) is 20.1. The quantitative estimate of drug-likeness (QED) is 0.0902. The van der Waals surface area contributed by atoms with Crippen LogP contribution in [-0.4, -0.2) is 57.5 Å². The monoisotopic (exact) mass is 978 g/mol. The summed E-state index contributed by atoms with van der Waals surface area (Å²) < 4.78 is 111. The predicted molar refractivity (Wildman–Crippen MR) is 242 cm³/mol. The number of aliphatic imine (C=N–C) groups is 1. The average Bonchev–Trinajstić information content (AvgIpc) is 3.21. The normalized spacial score (nSPS) is 13.9. The second kappa shape index (κ2) is 19.0. The maximum Gasteiger partial charge on any atom is 1.00 e. The number of rotatable bonds is 12. The van der Waals surface area contributed by atoms with Gasteiger partial charge in [-0.2, -0.15) is 5.26 Å². The number of ketones is 1. The summed E-state index contributed by atoms with van der Waals surface area (Å²) in [5, 5.41) is 15.9. The Balaban J connectivity index is 0.00000370. The summed E-state index contributed by atoms with van der Waals surface area (Å²) in [7, 11) is -14.3. The number of anilines is 3. The number of hydrogen-bond acceptors (Lipinski definition) is 15. The van der Waals surface area contributed by atoms with E-state index in [2.05, 4.69) is 21.4 Å². The SMILES string of the molecule is CC(C)(C)CC(C)(C)c1ccc(Oc2cc(Nc3ccc(S(=O)(=O)[O-])cc3)c3c4c(c(C5=Nc6ccccc6S(=O)(=O)N5)c(NCCC#N)nc24)-c2ccccc2C3=O)c(S(=O)(=O)[O-])c1.[Na+].[Na+]. The zero-order valence-electron chi connectivity index (χ0n) is 37.5. The number of hydrogen-bond donors (Lipinski definition) is 3. The molecule has 0 spiro atoms. The second-order valence-corrected chi connectivity index (χ2v) is 21.8. The van der Waals surface area contributed by atoms with Gasteiger partial charge in [0.05, 0.1) is 44.8 Å². The first-order valence-corrected chi connectivity index (χ1v) is 24.4. The van der Waals surface area contributed by atoms with Crippen LogP contribution in [0.2, 0.25) is 0 Å². The number of ether oxygens (including phenoxy) is 1. The van der Waals surface area contributed by atoms with E-state index >= 15 is 0 Å². The Bertz CT molecular complexity index is 3430. The molecule has 16 nitrogen and oxygen atoms in total. The van der Waals surface area contributed by atoms with Crippen LogP contribution in [0.3, 0.4) is 0 Å². The van der Waals surface area contributed by atoms with Crippen molar-refractivity contribution in [3.05, 3.63) is 119 Å². The third kappa shape index (κ3) is 10.4. The van der Waals surface area contributed by atoms with Crippen molar-refractivity contribution in [3.63, 3.8) is 0 Å². The summed E-state index contributed by atoms with van der Waals surface area (Å²) in [6.07, 6.45) is 0.609. The van der Waals surface area contributed by atoms with E-state index in [1.54, 1.807) is 42.5 Å². The van der Waals surface area contributed by atoms with Gasteiger partial charge in [0.1, 0.15) is 42.2 Å². The van der Waals surface area contributed by atoms with E-state index in [0.29, 0.717) is 17.5 Å². The number of fused-ring (bicyclic) bond motifs is 3. The number of sulfonamides is 1. The minimum Gasteiger partial charge on any atom is -0.744 e. The van der Waals surface area contributed by atoms with Gasteiger partial charge in [0, 0.05) is 34.8 Å². The largest absolute Gasteiger partial charge is 1.00 e. The van der Waals surface area contributed by atoms with E-state index in [-0.39, 0.29) is 156 Å². The molecule has 1 aliphatic heterocycles. The number of carbonyl (C=O) groups excluding carboxylic acids is 1. The number of aromatic nitrogens is 1. The van der Waals surface area contributed by atoms with Gasteiger partial charge in [-0.05, 0) is 76.9 Å². The smallest absolute Gasteiger partial charge is 0.744 e. The molecule has 5 aromatic carbocycles. The summed E-state index contributed by atoms with van der Waals surface area (Å²) in [6, 6.07) is 25.2. The van der Waals surface area contributed by atoms with Crippen LogP contribution in [0, 0.1) is 16.7 Å². The van der Waals surface area contributed by atoms with Gasteiger partial charge in [-0.15, -0.1) is 0 Å². The Morgan fingerprint density at radius 2 is 1.46 bits per heavy atom. The summed E-state index contributed by atoms with van der Waals surface area (Å²) in [5.41, 5.74) is 0.981. The Kier molecular flexibility index (Phi) is 14.7. The number of para-hydroxylation sites is 1. The molecule has 8 rings (SSSR count). The van der Waals surface area contributed by atoms with Crippen molar-refractivity contribution in [1.29, 1.82) is 5.26 Å². The molecule has 0 saturated heterocycles. The van der Waals surface area contributed by atoms with E-state index in [1.165, 1.54) is 42.5 Å². The fourth-order valence-corrected chi connectivity index (χ4v) is 10.8. The fourth-order valence-electron chi connectivity index (χ4n) is 8.55. The second-order valence-electron chi connectivity index (χ2n) is 17.4. The molecule has 6 aromatic rings. The maximum absolute atomic E-state index is 14.9. The van der Waals surface area contributed by atoms with Crippen molar-refractivity contribution >= 4 is 75.7 Å². The number of carbonyl (C=O) groups is 1. The number of amidine groups is 1. The van der Waals surface area contributed by atoms with Crippen molar-refractivity contribution in [2.75, 3.05) is 17.2 Å². The van der Waals surface area contributed by atoms with Gasteiger partial charge < -0.3 is 24.5 Å². The first-order chi connectivity index (χ1) is 30.5. The molecule has 0 unspecified atom stereocenters. The van der Waals surface area contributed by atoms with Crippen molar-refractivity contribution in [3.8, 4) is 28.7 Å². The number of pyridine rings is 1. The van der Waals surface area contributed by atoms with Gasteiger partial charge in [0.15, 0.2) is 17.4 Å². The molecule has 67 heavy (non-hydrogen) atoms. The van der Waals surface area contributed by atoms with Crippen LogP contribution >= 0.6 is 0 Å². The molecule has 0 saturated carbocycles. The summed E-state index contributed by atoms with van der Waals surface area (Å²) >= 11 is 0. The number of nitriles is 1. The molecule has 2 heterocycles. The van der Waals surface area contributed by atoms with Crippen LogP contribution in [0.1, 0.15) is 74.5 Å². The zero-order valence-corrected chi connectivity index (χ0v) is 44.0. The van der Waals surface area contributed by atoms with Crippen LogP contribution in [0.5, 0.6) is 11.5 Å². The molecular weight excluding hydrogens is 939 g/mol. The summed E-state index contributed by atoms with van der Waals surface area (Å²) in [5.74, 6) is -1.22. The topological polar surface area (TPSA) is 260 Å². The van der Waals surface area contributed by atoms with Crippen molar-refractivity contribution < 1.29 is 103 Å². The van der Waals surface area contributed by atoms with Crippen LogP contribution < -0.4 is 79.2 Å². The Morgan fingerprint density at radius 1 is 0.806 bits per heavy atom. The van der Waals surface area contributed by atoms with Gasteiger partial charge in [-0.1, -0.05) is 77.1 Å². The molecule has 2 aliphatic rings. The van der Waals surface area contributed by atoms with Crippen molar-refractivity contribution in [1.82, 2.24) is 9.71 Å². The van der Waals surface area contributed by atoms with E-state index in [1.807, 2.05) is 34.6 Å².